The van der Waals surface area contributed by atoms with Gasteiger partial charge in [-0.15, -0.1) is 0 Å². The molecule has 1 atom stereocenters. The summed E-state index contributed by atoms with van der Waals surface area (Å²) in [6, 6.07) is 7.90. The Morgan fingerprint density at radius 2 is 1.87 bits per heavy atom. The lowest BCUT2D eigenvalue weighted by atomic mass is 9.81. The highest BCUT2D eigenvalue weighted by atomic mass is 16.3. The minimum absolute atomic E-state index is 0.0291. The minimum atomic E-state index is 0.0291. The van der Waals surface area contributed by atoms with E-state index in [-0.39, 0.29) is 5.41 Å². The van der Waals surface area contributed by atoms with Crippen LogP contribution in [0.2, 0.25) is 0 Å². The summed E-state index contributed by atoms with van der Waals surface area (Å²) in [4.78, 5) is 0. The minimum Gasteiger partial charge on any atom is -0.469 e. The lowest BCUT2D eigenvalue weighted by Gasteiger charge is -2.24. The summed E-state index contributed by atoms with van der Waals surface area (Å²) < 4.78 is 10.9. The van der Waals surface area contributed by atoms with E-state index in [1.54, 1.807) is 12.5 Å². The topological polar surface area (TPSA) is 26.3 Å². The first-order valence-electron chi connectivity index (χ1n) is 5.31. The van der Waals surface area contributed by atoms with Crippen LogP contribution in [0.4, 0.5) is 0 Å². The van der Waals surface area contributed by atoms with Gasteiger partial charge in [-0.2, -0.15) is 0 Å². The third kappa shape index (κ3) is 1.99. The van der Waals surface area contributed by atoms with E-state index in [9.17, 15) is 0 Å². The Morgan fingerprint density at radius 3 is 2.40 bits per heavy atom. The summed E-state index contributed by atoms with van der Waals surface area (Å²) in [5, 5.41) is 0. The molecule has 0 spiro atoms. The zero-order chi connectivity index (χ0) is 10.7. The standard InChI is InChI=1S/C13H16O2/c1-3-13(2,12-7-5-9-15-12)10-11-6-4-8-14-11/h4-9H,3,10H2,1-2H3. The van der Waals surface area contributed by atoms with E-state index in [1.165, 1.54) is 0 Å². The maximum atomic E-state index is 5.50. The predicted octanol–water partition coefficient (Wildman–Crippen LogP) is 3.78. The molecule has 2 heteroatoms. The van der Waals surface area contributed by atoms with Crippen molar-refractivity contribution in [2.75, 3.05) is 0 Å². The van der Waals surface area contributed by atoms with E-state index in [2.05, 4.69) is 13.8 Å². The third-order valence-electron chi connectivity index (χ3n) is 3.04. The van der Waals surface area contributed by atoms with Gasteiger partial charge in [0.25, 0.3) is 0 Å². The van der Waals surface area contributed by atoms with Crippen molar-refractivity contribution in [1.82, 2.24) is 0 Å². The Balaban J connectivity index is 2.22. The molecular weight excluding hydrogens is 188 g/mol. The second-order valence-corrected chi connectivity index (χ2v) is 4.15. The summed E-state index contributed by atoms with van der Waals surface area (Å²) >= 11 is 0. The summed E-state index contributed by atoms with van der Waals surface area (Å²) in [5.74, 6) is 2.04. The Hall–Kier alpha value is -1.44. The van der Waals surface area contributed by atoms with Crippen LogP contribution in [-0.4, -0.2) is 0 Å². The molecule has 2 heterocycles. The van der Waals surface area contributed by atoms with Crippen LogP contribution < -0.4 is 0 Å². The number of furan rings is 2. The first-order chi connectivity index (χ1) is 7.24. The zero-order valence-electron chi connectivity index (χ0n) is 9.19. The van der Waals surface area contributed by atoms with Crippen molar-refractivity contribution >= 4 is 0 Å². The number of rotatable bonds is 4. The van der Waals surface area contributed by atoms with Gasteiger partial charge in [0.2, 0.25) is 0 Å². The second kappa shape index (κ2) is 3.97. The normalized spacial score (nSPS) is 15.1. The Labute approximate surface area is 89.9 Å². The second-order valence-electron chi connectivity index (χ2n) is 4.15. The fraction of sp³-hybridized carbons (Fsp3) is 0.385. The number of hydrogen-bond acceptors (Lipinski definition) is 2. The van der Waals surface area contributed by atoms with Gasteiger partial charge in [0.15, 0.2) is 0 Å². The van der Waals surface area contributed by atoms with E-state index in [0.717, 1.165) is 24.4 Å². The SMILES string of the molecule is CCC(C)(Cc1ccco1)c1ccco1. The van der Waals surface area contributed by atoms with Crippen LogP contribution in [0.5, 0.6) is 0 Å². The maximum absolute atomic E-state index is 5.50. The molecule has 2 rings (SSSR count). The highest BCUT2D eigenvalue weighted by molar-refractivity contribution is 5.16. The van der Waals surface area contributed by atoms with Crippen molar-refractivity contribution in [3.05, 3.63) is 48.3 Å². The smallest absolute Gasteiger partial charge is 0.110 e. The Morgan fingerprint density at radius 1 is 1.13 bits per heavy atom. The Kier molecular flexibility index (Phi) is 2.67. The molecule has 0 amide bonds. The Bertz CT molecular complexity index is 386. The molecule has 0 aliphatic rings. The quantitative estimate of drug-likeness (QED) is 0.757. The molecule has 2 aromatic rings. The van der Waals surface area contributed by atoms with E-state index in [0.29, 0.717) is 0 Å². The van der Waals surface area contributed by atoms with Crippen LogP contribution >= 0.6 is 0 Å². The molecule has 1 unspecified atom stereocenters. The monoisotopic (exact) mass is 204 g/mol. The van der Waals surface area contributed by atoms with Crippen LogP contribution in [-0.2, 0) is 11.8 Å². The van der Waals surface area contributed by atoms with Gasteiger partial charge in [-0.25, -0.2) is 0 Å². The summed E-state index contributed by atoms with van der Waals surface area (Å²) in [5.41, 5.74) is 0.0291. The first kappa shape index (κ1) is 10.1. The van der Waals surface area contributed by atoms with E-state index >= 15 is 0 Å². The summed E-state index contributed by atoms with van der Waals surface area (Å²) in [6.45, 7) is 4.37. The van der Waals surface area contributed by atoms with Crippen molar-refractivity contribution in [2.24, 2.45) is 0 Å². The fourth-order valence-corrected chi connectivity index (χ4v) is 1.81. The summed E-state index contributed by atoms with van der Waals surface area (Å²) in [6.07, 6.45) is 5.35. The van der Waals surface area contributed by atoms with Gasteiger partial charge in [-0.1, -0.05) is 13.8 Å². The van der Waals surface area contributed by atoms with Gasteiger partial charge >= 0.3 is 0 Å². The van der Waals surface area contributed by atoms with Gasteiger partial charge in [0.05, 0.1) is 12.5 Å². The number of hydrogen-bond donors (Lipinski definition) is 0. The molecular formula is C13H16O2. The van der Waals surface area contributed by atoms with Crippen LogP contribution in [0.25, 0.3) is 0 Å². The van der Waals surface area contributed by atoms with Crippen LogP contribution in [0.1, 0.15) is 31.8 Å². The largest absolute Gasteiger partial charge is 0.469 e. The van der Waals surface area contributed by atoms with Gasteiger partial charge in [0, 0.05) is 11.8 Å². The summed E-state index contributed by atoms with van der Waals surface area (Å²) in [7, 11) is 0. The molecule has 0 aliphatic carbocycles. The van der Waals surface area contributed by atoms with Crippen molar-refractivity contribution < 1.29 is 8.83 Å². The average Bonchev–Trinajstić information content (AvgIpc) is 2.89. The van der Waals surface area contributed by atoms with Crippen LogP contribution in [0, 0.1) is 0 Å². The molecule has 2 nitrogen and oxygen atoms in total. The molecule has 0 aromatic carbocycles. The molecule has 15 heavy (non-hydrogen) atoms. The molecule has 0 radical (unpaired) electrons. The molecule has 0 saturated heterocycles. The maximum Gasteiger partial charge on any atom is 0.110 e. The molecule has 0 N–H and O–H groups in total. The van der Waals surface area contributed by atoms with Crippen LogP contribution in [0.3, 0.4) is 0 Å². The van der Waals surface area contributed by atoms with Gasteiger partial charge in [-0.05, 0) is 30.7 Å². The highest BCUT2D eigenvalue weighted by Crippen LogP contribution is 2.31. The zero-order valence-corrected chi connectivity index (χ0v) is 9.19. The predicted molar refractivity (Wildman–Crippen MR) is 58.8 cm³/mol. The van der Waals surface area contributed by atoms with Crippen LogP contribution in [0.15, 0.2) is 45.6 Å². The van der Waals surface area contributed by atoms with Gasteiger partial charge < -0.3 is 8.83 Å². The lowest BCUT2D eigenvalue weighted by Crippen LogP contribution is -2.23. The average molecular weight is 204 g/mol. The molecule has 0 saturated carbocycles. The van der Waals surface area contributed by atoms with Gasteiger partial charge in [-0.3, -0.25) is 0 Å². The van der Waals surface area contributed by atoms with E-state index in [4.69, 9.17) is 8.83 Å². The first-order valence-corrected chi connectivity index (χ1v) is 5.31. The van der Waals surface area contributed by atoms with Gasteiger partial charge in [0.1, 0.15) is 11.5 Å². The molecule has 0 aliphatic heterocycles. The third-order valence-corrected chi connectivity index (χ3v) is 3.04. The molecule has 0 bridgehead atoms. The highest BCUT2D eigenvalue weighted by Gasteiger charge is 2.28. The molecule has 80 valence electrons. The molecule has 0 fully saturated rings. The van der Waals surface area contributed by atoms with Crippen molar-refractivity contribution in [3.8, 4) is 0 Å². The van der Waals surface area contributed by atoms with E-state index in [1.807, 2.05) is 24.3 Å². The van der Waals surface area contributed by atoms with E-state index < -0.39 is 0 Å². The fourth-order valence-electron chi connectivity index (χ4n) is 1.81. The van der Waals surface area contributed by atoms with Crippen molar-refractivity contribution in [3.63, 3.8) is 0 Å². The molecule has 2 aromatic heterocycles. The lowest BCUT2D eigenvalue weighted by molar-refractivity contribution is 0.324. The van der Waals surface area contributed by atoms with Crippen molar-refractivity contribution in [1.29, 1.82) is 0 Å². The van der Waals surface area contributed by atoms with Crippen molar-refractivity contribution in [2.45, 2.75) is 32.1 Å².